The Kier molecular flexibility index (Phi) is 4.39. The summed E-state index contributed by atoms with van der Waals surface area (Å²) in [6.45, 7) is 2.97. The van der Waals surface area contributed by atoms with Gasteiger partial charge in [0.25, 0.3) is 5.56 Å². The maximum absolute atomic E-state index is 11.8. The van der Waals surface area contributed by atoms with Crippen LogP contribution < -0.4 is 10.9 Å². The van der Waals surface area contributed by atoms with Crippen LogP contribution in [0.25, 0.3) is 10.9 Å². The Balaban J connectivity index is 2.08. The zero-order valence-corrected chi connectivity index (χ0v) is 11.1. The Hall–Kier alpha value is -2.04. The molecule has 0 saturated heterocycles. The van der Waals surface area contributed by atoms with Gasteiger partial charge in [-0.25, -0.2) is 4.98 Å². The van der Waals surface area contributed by atoms with Crippen LogP contribution >= 0.6 is 0 Å². The van der Waals surface area contributed by atoms with Crippen molar-refractivity contribution in [2.45, 2.75) is 32.6 Å². The first kappa shape index (κ1) is 13.4. The maximum Gasteiger partial charge on any atom is 0.260 e. The summed E-state index contributed by atoms with van der Waals surface area (Å²) in [7, 11) is 0. The van der Waals surface area contributed by atoms with Gasteiger partial charge in [0.2, 0.25) is 5.95 Å². The van der Waals surface area contributed by atoms with E-state index in [1.807, 2.05) is 0 Å². The molecule has 1 aromatic heterocycles. The predicted octanol–water partition coefficient (Wildman–Crippen LogP) is 2.62. The first-order valence-corrected chi connectivity index (χ1v) is 6.67. The molecular formula is C14H19N3O2. The normalized spacial score (nSPS) is 10.8. The van der Waals surface area contributed by atoms with Gasteiger partial charge in [0, 0.05) is 6.54 Å². The summed E-state index contributed by atoms with van der Waals surface area (Å²) in [6, 6.07) is 4.59. The highest BCUT2D eigenvalue weighted by atomic mass is 16.3. The van der Waals surface area contributed by atoms with Gasteiger partial charge in [-0.1, -0.05) is 26.2 Å². The second kappa shape index (κ2) is 6.22. The number of phenolic OH excluding ortho intramolecular Hbond substituents is 1. The van der Waals surface area contributed by atoms with Crippen molar-refractivity contribution in [1.29, 1.82) is 0 Å². The lowest BCUT2D eigenvalue weighted by Crippen LogP contribution is -2.13. The number of benzene rings is 1. The zero-order chi connectivity index (χ0) is 13.7. The summed E-state index contributed by atoms with van der Waals surface area (Å²) < 4.78 is 0. The molecule has 19 heavy (non-hydrogen) atoms. The average molecular weight is 261 g/mol. The van der Waals surface area contributed by atoms with E-state index in [0.29, 0.717) is 16.9 Å². The molecule has 0 aliphatic heterocycles. The standard InChI is InChI=1S/C14H19N3O2/c1-2-3-4-5-8-15-14-16-12-7-6-10(18)9-11(12)13(19)17-14/h6-7,9,18H,2-5,8H2,1H3,(H2,15,16,17,19). The number of rotatable bonds is 6. The third kappa shape index (κ3) is 3.47. The molecule has 3 N–H and O–H groups in total. The Bertz CT molecular complexity index is 607. The van der Waals surface area contributed by atoms with E-state index in [1.54, 1.807) is 6.07 Å². The molecule has 0 spiro atoms. The Labute approximate surface area is 111 Å². The Morgan fingerprint density at radius 3 is 2.95 bits per heavy atom. The molecule has 0 aliphatic rings. The molecule has 0 aliphatic carbocycles. The Morgan fingerprint density at radius 2 is 2.16 bits per heavy atom. The molecule has 0 bridgehead atoms. The summed E-state index contributed by atoms with van der Waals surface area (Å²) in [6.07, 6.45) is 4.66. The van der Waals surface area contributed by atoms with Gasteiger partial charge >= 0.3 is 0 Å². The van der Waals surface area contributed by atoms with Crippen LogP contribution in [-0.4, -0.2) is 21.6 Å². The molecule has 0 radical (unpaired) electrons. The highest BCUT2D eigenvalue weighted by Crippen LogP contribution is 2.15. The number of phenols is 1. The van der Waals surface area contributed by atoms with Crippen molar-refractivity contribution in [2.24, 2.45) is 0 Å². The molecule has 0 atom stereocenters. The molecule has 102 valence electrons. The zero-order valence-electron chi connectivity index (χ0n) is 11.1. The quantitative estimate of drug-likeness (QED) is 0.698. The highest BCUT2D eigenvalue weighted by molar-refractivity contribution is 5.79. The van der Waals surface area contributed by atoms with Crippen LogP contribution in [0.5, 0.6) is 5.75 Å². The van der Waals surface area contributed by atoms with Crippen LogP contribution in [0.2, 0.25) is 0 Å². The summed E-state index contributed by atoms with van der Waals surface area (Å²) in [5, 5.41) is 12.9. The number of nitrogens with one attached hydrogen (secondary N) is 2. The monoisotopic (exact) mass is 261 g/mol. The number of anilines is 1. The van der Waals surface area contributed by atoms with Crippen LogP contribution in [0.3, 0.4) is 0 Å². The van der Waals surface area contributed by atoms with Crippen LogP contribution in [0.4, 0.5) is 5.95 Å². The van der Waals surface area contributed by atoms with Gasteiger partial charge in [-0.05, 0) is 24.6 Å². The van der Waals surface area contributed by atoms with Crippen molar-refractivity contribution in [3.8, 4) is 5.75 Å². The summed E-state index contributed by atoms with van der Waals surface area (Å²) in [5.41, 5.74) is 0.342. The first-order chi connectivity index (χ1) is 9.20. The fraction of sp³-hybridized carbons (Fsp3) is 0.429. The van der Waals surface area contributed by atoms with Gasteiger partial charge in [0.15, 0.2) is 0 Å². The molecule has 1 heterocycles. The number of aromatic amines is 1. The third-order valence-electron chi connectivity index (χ3n) is 3.01. The van der Waals surface area contributed by atoms with E-state index in [-0.39, 0.29) is 11.3 Å². The van der Waals surface area contributed by atoms with Crippen LogP contribution in [-0.2, 0) is 0 Å². The minimum Gasteiger partial charge on any atom is -0.508 e. The van der Waals surface area contributed by atoms with Crippen molar-refractivity contribution in [3.63, 3.8) is 0 Å². The number of aromatic nitrogens is 2. The third-order valence-corrected chi connectivity index (χ3v) is 3.01. The lowest BCUT2D eigenvalue weighted by atomic mass is 10.2. The van der Waals surface area contributed by atoms with Crippen LogP contribution in [0.15, 0.2) is 23.0 Å². The molecule has 1 aromatic carbocycles. The average Bonchev–Trinajstić information content (AvgIpc) is 2.39. The lowest BCUT2D eigenvalue weighted by Gasteiger charge is -2.06. The fourth-order valence-corrected chi connectivity index (χ4v) is 1.97. The van der Waals surface area contributed by atoms with E-state index < -0.39 is 0 Å². The minimum absolute atomic E-state index is 0.0695. The molecule has 0 fully saturated rings. The number of nitrogens with zero attached hydrogens (tertiary/aromatic N) is 1. The van der Waals surface area contributed by atoms with Crippen molar-refractivity contribution >= 4 is 16.9 Å². The number of H-pyrrole nitrogens is 1. The lowest BCUT2D eigenvalue weighted by molar-refractivity contribution is 0.476. The number of hydrogen-bond acceptors (Lipinski definition) is 4. The number of hydrogen-bond donors (Lipinski definition) is 3. The summed E-state index contributed by atoms with van der Waals surface area (Å²) >= 11 is 0. The number of fused-ring (bicyclic) bond motifs is 1. The van der Waals surface area contributed by atoms with E-state index in [1.165, 1.54) is 31.4 Å². The molecule has 5 nitrogen and oxygen atoms in total. The van der Waals surface area contributed by atoms with Crippen molar-refractivity contribution in [2.75, 3.05) is 11.9 Å². The molecule has 0 unspecified atom stereocenters. The predicted molar refractivity (Wildman–Crippen MR) is 76.7 cm³/mol. The van der Waals surface area contributed by atoms with Gasteiger partial charge in [0.1, 0.15) is 5.75 Å². The summed E-state index contributed by atoms with van der Waals surface area (Å²) in [5.74, 6) is 0.555. The van der Waals surface area contributed by atoms with Gasteiger partial charge in [-0.3, -0.25) is 9.78 Å². The smallest absolute Gasteiger partial charge is 0.260 e. The number of unbranched alkanes of at least 4 members (excludes halogenated alkanes) is 3. The molecular weight excluding hydrogens is 242 g/mol. The van der Waals surface area contributed by atoms with E-state index in [4.69, 9.17) is 0 Å². The number of aromatic hydroxyl groups is 1. The molecule has 2 aromatic rings. The maximum atomic E-state index is 11.8. The Morgan fingerprint density at radius 1 is 1.32 bits per heavy atom. The van der Waals surface area contributed by atoms with Crippen molar-refractivity contribution in [3.05, 3.63) is 28.6 Å². The minimum atomic E-state index is -0.239. The molecule has 2 rings (SSSR count). The second-order valence-corrected chi connectivity index (χ2v) is 4.60. The van der Waals surface area contributed by atoms with Gasteiger partial charge in [-0.15, -0.1) is 0 Å². The summed E-state index contributed by atoms with van der Waals surface area (Å²) in [4.78, 5) is 18.8. The molecule has 0 saturated carbocycles. The van der Waals surface area contributed by atoms with Gasteiger partial charge in [-0.2, -0.15) is 0 Å². The SMILES string of the molecule is CCCCCCNc1nc2ccc(O)cc2c(=O)[nH]1. The van der Waals surface area contributed by atoms with Crippen molar-refractivity contribution in [1.82, 2.24) is 9.97 Å². The first-order valence-electron chi connectivity index (χ1n) is 6.67. The van der Waals surface area contributed by atoms with Crippen LogP contribution in [0, 0.1) is 0 Å². The fourth-order valence-electron chi connectivity index (χ4n) is 1.97. The highest BCUT2D eigenvalue weighted by Gasteiger charge is 2.04. The van der Waals surface area contributed by atoms with Crippen molar-refractivity contribution < 1.29 is 5.11 Å². The van der Waals surface area contributed by atoms with Crippen LogP contribution in [0.1, 0.15) is 32.6 Å². The van der Waals surface area contributed by atoms with E-state index in [9.17, 15) is 9.90 Å². The van der Waals surface area contributed by atoms with Gasteiger partial charge < -0.3 is 10.4 Å². The largest absolute Gasteiger partial charge is 0.508 e. The topological polar surface area (TPSA) is 78.0 Å². The molecule has 0 amide bonds. The van der Waals surface area contributed by atoms with E-state index >= 15 is 0 Å². The van der Waals surface area contributed by atoms with E-state index in [0.717, 1.165) is 13.0 Å². The molecule has 5 heteroatoms. The van der Waals surface area contributed by atoms with Gasteiger partial charge in [0.05, 0.1) is 10.9 Å². The second-order valence-electron chi connectivity index (χ2n) is 4.60. The van der Waals surface area contributed by atoms with E-state index in [2.05, 4.69) is 22.2 Å².